The molecule has 5 heteroatoms. The normalized spacial score (nSPS) is 15.0. The Kier molecular flexibility index (Phi) is 4.44. The van der Waals surface area contributed by atoms with Crippen molar-refractivity contribution >= 4 is 0 Å². The first-order chi connectivity index (χ1) is 4.95. The summed E-state index contributed by atoms with van der Waals surface area (Å²) in [6.45, 7) is -0.252. The van der Waals surface area contributed by atoms with Crippen molar-refractivity contribution in [3.8, 4) is 0 Å². The lowest BCUT2D eigenvalue weighted by atomic mass is 10.1. The fraction of sp³-hybridized carbons (Fsp3) is 1.00. The highest BCUT2D eigenvalue weighted by molar-refractivity contribution is 4.60. The summed E-state index contributed by atoms with van der Waals surface area (Å²) in [5.41, 5.74) is 5.18. The van der Waals surface area contributed by atoms with Crippen LogP contribution in [0, 0.1) is 0 Å². The summed E-state index contributed by atoms with van der Waals surface area (Å²) in [6.07, 6.45) is -4.71. The van der Waals surface area contributed by atoms with Crippen molar-refractivity contribution in [2.75, 3.05) is 6.61 Å². The predicted molar refractivity (Wildman–Crippen MR) is 35.0 cm³/mol. The molecule has 0 heterocycles. The van der Waals surface area contributed by atoms with E-state index in [0.717, 1.165) is 0 Å². The first kappa shape index (κ1) is 10.7. The quantitative estimate of drug-likeness (QED) is 0.663. The van der Waals surface area contributed by atoms with Gasteiger partial charge in [-0.3, -0.25) is 0 Å². The van der Waals surface area contributed by atoms with E-state index >= 15 is 0 Å². The lowest BCUT2D eigenvalue weighted by Gasteiger charge is -2.08. The summed E-state index contributed by atoms with van der Waals surface area (Å²) in [6, 6.07) is -0.516. The molecule has 0 unspecified atom stereocenters. The Labute approximate surface area is 63.2 Å². The molecule has 0 amide bonds. The van der Waals surface area contributed by atoms with Gasteiger partial charge in [0, 0.05) is 12.5 Å². The lowest BCUT2D eigenvalue weighted by Crippen LogP contribution is -2.24. The van der Waals surface area contributed by atoms with Crippen LogP contribution < -0.4 is 5.73 Å². The molecule has 0 saturated heterocycles. The summed E-state index contributed by atoms with van der Waals surface area (Å²) in [5.74, 6) is 0. The predicted octanol–water partition coefficient (Wildman–Crippen LogP) is 1.04. The van der Waals surface area contributed by atoms with Crippen molar-refractivity contribution in [2.45, 2.75) is 31.5 Å². The minimum atomic E-state index is -4.10. The number of nitrogens with two attached hydrogens (primary N) is 1. The molecular formula is C6H12F3NO. The summed E-state index contributed by atoms with van der Waals surface area (Å²) in [7, 11) is 0. The number of hydrogen-bond acceptors (Lipinski definition) is 2. The van der Waals surface area contributed by atoms with Crippen LogP contribution >= 0.6 is 0 Å². The number of halogens is 3. The van der Waals surface area contributed by atoms with Gasteiger partial charge < -0.3 is 10.8 Å². The first-order valence-electron chi connectivity index (χ1n) is 3.39. The van der Waals surface area contributed by atoms with Gasteiger partial charge in [-0.1, -0.05) is 0 Å². The smallest absolute Gasteiger partial charge is 0.389 e. The molecule has 0 aliphatic carbocycles. The highest BCUT2D eigenvalue weighted by atomic mass is 19.4. The summed E-state index contributed by atoms with van der Waals surface area (Å²) in [5, 5.41) is 8.36. The molecule has 0 aliphatic rings. The second kappa shape index (κ2) is 4.56. The molecule has 0 fully saturated rings. The third kappa shape index (κ3) is 7.61. The van der Waals surface area contributed by atoms with Crippen LogP contribution in [0.4, 0.5) is 13.2 Å². The zero-order valence-electron chi connectivity index (χ0n) is 6.06. The molecule has 0 aromatic rings. The van der Waals surface area contributed by atoms with Gasteiger partial charge in [-0.15, -0.1) is 0 Å². The van der Waals surface area contributed by atoms with Crippen LogP contribution in [0.3, 0.4) is 0 Å². The minimum absolute atomic E-state index is 0.00870. The number of hydrogen-bond donors (Lipinski definition) is 2. The Bertz CT molecular complexity index is 104. The fourth-order valence-electron chi connectivity index (χ4n) is 0.656. The molecule has 0 rings (SSSR count). The van der Waals surface area contributed by atoms with Gasteiger partial charge in [0.05, 0.1) is 6.61 Å². The van der Waals surface area contributed by atoms with E-state index in [9.17, 15) is 13.2 Å². The van der Waals surface area contributed by atoms with Crippen LogP contribution in [0.5, 0.6) is 0 Å². The molecule has 0 aromatic carbocycles. The SMILES string of the molecule is N[C@H](CO)CCCC(F)(F)F. The molecule has 2 nitrogen and oxygen atoms in total. The van der Waals surface area contributed by atoms with Crippen molar-refractivity contribution in [1.82, 2.24) is 0 Å². The van der Waals surface area contributed by atoms with E-state index in [1.54, 1.807) is 0 Å². The van der Waals surface area contributed by atoms with E-state index in [1.807, 2.05) is 0 Å². The Balaban J connectivity index is 3.28. The average Bonchev–Trinajstić information content (AvgIpc) is 1.85. The molecule has 0 saturated carbocycles. The van der Waals surface area contributed by atoms with Gasteiger partial charge in [0.2, 0.25) is 0 Å². The maximum atomic E-state index is 11.5. The molecule has 0 aliphatic heterocycles. The van der Waals surface area contributed by atoms with Crippen LogP contribution in [0.2, 0.25) is 0 Å². The van der Waals surface area contributed by atoms with E-state index < -0.39 is 18.6 Å². The standard InChI is InChI=1S/C6H12F3NO/c7-6(8,9)3-1-2-5(10)4-11/h5,11H,1-4,10H2/t5-/m0/s1. The monoisotopic (exact) mass is 171 g/mol. The van der Waals surface area contributed by atoms with Crippen molar-refractivity contribution < 1.29 is 18.3 Å². The van der Waals surface area contributed by atoms with E-state index in [2.05, 4.69) is 0 Å². The van der Waals surface area contributed by atoms with E-state index in [4.69, 9.17) is 10.8 Å². The van der Waals surface area contributed by atoms with Crippen LogP contribution in [0.1, 0.15) is 19.3 Å². The maximum Gasteiger partial charge on any atom is 0.389 e. The summed E-state index contributed by atoms with van der Waals surface area (Å²) in [4.78, 5) is 0. The van der Waals surface area contributed by atoms with Crippen LogP contribution in [0.15, 0.2) is 0 Å². The highest BCUT2D eigenvalue weighted by Crippen LogP contribution is 2.22. The molecule has 11 heavy (non-hydrogen) atoms. The first-order valence-corrected chi connectivity index (χ1v) is 3.39. The van der Waals surface area contributed by atoms with Gasteiger partial charge in [0.1, 0.15) is 0 Å². The molecule has 0 bridgehead atoms. The van der Waals surface area contributed by atoms with Crippen molar-refractivity contribution in [2.24, 2.45) is 5.73 Å². The van der Waals surface area contributed by atoms with Crippen molar-refractivity contribution in [3.05, 3.63) is 0 Å². The van der Waals surface area contributed by atoms with Gasteiger partial charge in [-0.2, -0.15) is 13.2 Å². The fourth-order valence-corrected chi connectivity index (χ4v) is 0.656. The topological polar surface area (TPSA) is 46.2 Å². The minimum Gasteiger partial charge on any atom is -0.395 e. The van der Waals surface area contributed by atoms with Gasteiger partial charge in [-0.25, -0.2) is 0 Å². The molecular weight excluding hydrogens is 159 g/mol. The molecule has 68 valence electrons. The average molecular weight is 171 g/mol. The summed E-state index contributed by atoms with van der Waals surface area (Å²) < 4.78 is 34.5. The number of alkyl halides is 3. The second-order valence-electron chi connectivity index (χ2n) is 2.45. The Morgan fingerprint density at radius 1 is 1.36 bits per heavy atom. The Morgan fingerprint density at radius 2 is 1.91 bits per heavy atom. The van der Waals surface area contributed by atoms with E-state index in [1.165, 1.54) is 0 Å². The van der Waals surface area contributed by atoms with Gasteiger partial charge in [0.15, 0.2) is 0 Å². The lowest BCUT2D eigenvalue weighted by molar-refractivity contribution is -0.135. The number of rotatable bonds is 4. The van der Waals surface area contributed by atoms with Gasteiger partial charge in [-0.05, 0) is 12.8 Å². The van der Waals surface area contributed by atoms with Crippen molar-refractivity contribution in [1.29, 1.82) is 0 Å². The molecule has 0 radical (unpaired) electrons. The second-order valence-corrected chi connectivity index (χ2v) is 2.45. The van der Waals surface area contributed by atoms with Gasteiger partial charge >= 0.3 is 6.18 Å². The van der Waals surface area contributed by atoms with Crippen LogP contribution in [-0.4, -0.2) is 23.9 Å². The highest BCUT2D eigenvalue weighted by Gasteiger charge is 2.26. The zero-order valence-corrected chi connectivity index (χ0v) is 6.06. The van der Waals surface area contributed by atoms with Crippen LogP contribution in [0.25, 0.3) is 0 Å². The zero-order chi connectivity index (χ0) is 8.91. The molecule has 1 atom stereocenters. The molecule has 3 N–H and O–H groups in total. The van der Waals surface area contributed by atoms with E-state index in [0.29, 0.717) is 0 Å². The van der Waals surface area contributed by atoms with E-state index in [-0.39, 0.29) is 19.4 Å². The maximum absolute atomic E-state index is 11.5. The molecule has 0 spiro atoms. The Hall–Kier alpha value is -0.290. The molecule has 0 aromatic heterocycles. The largest absolute Gasteiger partial charge is 0.395 e. The number of aliphatic hydroxyl groups excluding tert-OH is 1. The Morgan fingerprint density at radius 3 is 2.27 bits per heavy atom. The third-order valence-electron chi connectivity index (χ3n) is 1.27. The number of aliphatic hydroxyl groups is 1. The van der Waals surface area contributed by atoms with Crippen LogP contribution in [-0.2, 0) is 0 Å². The summed E-state index contributed by atoms with van der Waals surface area (Å²) >= 11 is 0. The van der Waals surface area contributed by atoms with Crippen molar-refractivity contribution in [3.63, 3.8) is 0 Å². The van der Waals surface area contributed by atoms with Gasteiger partial charge in [0.25, 0.3) is 0 Å². The third-order valence-corrected chi connectivity index (χ3v) is 1.27.